The number of anilines is 1. The summed E-state index contributed by atoms with van der Waals surface area (Å²) in [7, 11) is -3.45. The van der Waals surface area contributed by atoms with Gasteiger partial charge in [-0.3, -0.25) is 24.1 Å². The molecule has 0 radical (unpaired) electrons. The van der Waals surface area contributed by atoms with Crippen LogP contribution in [0.15, 0.2) is 97.1 Å². The number of aliphatic carboxylic acids is 1. The molecular formula is C74H90N8O12S2. The second-order valence-electron chi connectivity index (χ2n) is 28.5. The van der Waals surface area contributed by atoms with Crippen LogP contribution in [0.4, 0.5) is 5.69 Å². The molecule has 3 amide bonds. The van der Waals surface area contributed by atoms with E-state index >= 15 is 4.79 Å². The Kier molecular flexibility index (Phi) is 17.6. The summed E-state index contributed by atoms with van der Waals surface area (Å²) >= 11 is 0. The van der Waals surface area contributed by atoms with Gasteiger partial charge < -0.3 is 33.7 Å². The van der Waals surface area contributed by atoms with E-state index in [2.05, 4.69) is 50.1 Å². The maximum Gasteiger partial charge on any atom is 0.312 e. The van der Waals surface area contributed by atoms with E-state index in [1.54, 1.807) is 38.5 Å². The fourth-order valence-electron chi connectivity index (χ4n) is 17.9. The Balaban J connectivity index is 0.695. The summed E-state index contributed by atoms with van der Waals surface area (Å²) < 4.78 is 83.1. The highest BCUT2D eigenvalue weighted by atomic mass is 32.2. The first-order valence-corrected chi connectivity index (χ1v) is 37.6. The number of carboxylic acid groups (broad SMARTS) is 1. The first-order chi connectivity index (χ1) is 46.2. The summed E-state index contributed by atoms with van der Waals surface area (Å²) in [6, 6.07) is 30.8. The van der Waals surface area contributed by atoms with Crippen LogP contribution >= 0.6 is 0 Å². The summed E-state index contributed by atoms with van der Waals surface area (Å²) in [5.41, 5.74) is 7.53. The van der Waals surface area contributed by atoms with Crippen molar-refractivity contribution in [3.63, 3.8) is 0 Å². The van der Waals surface area contributed by atoms with Crippen molar-refractivity contribution in [2.45, 2.75) is 153 Å². The number of rotatable bonds is 21. The van der Waals surface area contributed by atoms with Gasteiger partial charge in [-0.1, -0.05) is 101 Å². The Morgan fingerprint density at radius 3 is 1.95 bits per heavy atom. The van der Waals surface area contributed by atoms with Gasteiger partial charge in [-0.2, -0.15) is 25.4 Å². The van der Waals surface area contributed by atoms with E-state index in [-0.39, 0.29) is 54.0 Å². The summed E-state index contributed by atoms with van der Waals surface area (Å²) in [5.74, 6) is -0.728. The summed E-state index contributed by atoms with van der Waals surface area (Å²) in [4.78, 5) is 64.6. The number of hydrogen-bond acceptors (Lipinski definition) is 13. The normalized spacial score (nSPS) is 24.0. The Bertz CT molecular complexity index is 4270. The molecular weight excluding hydrogens is 1260 g/mol. The second-order valence-corrected chi connectivity index (χ2v) is 32.0. The number of nitrogens with zero attached hydrogens (tertiary/aromatic N) is 6. The SMILES string of the molecule is CCC(CC)N1CCN(C(=O)[C@]23CC2c2cc(OC)ccc2C2C(C4CCCCC4)c4ccc(C(=O)NS(=O)(=O)N(C)CCN(C)S(=O)(=O)NC(=O)c5ccc6c(C7CCCCC7)c7n(c6c5)CC5(C(=O)O)CC5c5c-7ccc(OC)c5OCc5ccccc5)cc4N2C3)CC1. The van der Waals surface area contributed by atoms with Gasteiger partial charge in [-0.15, -0.1) is 0 Å². The monoisotopic (exact) mass is 1350 g/mol. The average Bonchev–Trinajstić information content (AvgIpc) is 1.53. The van der Waals surface area contributed by atoms with Crippen LogP contribution in [-0.4, -0.2) is 149 Å². The molecule has 8 aliphatic rings. The lowest BCUT2D eigenvalue weighted by Crippen LogP contribution is -2.54. The van der Waals surface area contributed by atoms with E-state index in [1.807, 2.05) is 65.2 Å². The maximum absolute atomic E-state index is 15.3. The number of benzene rings is 5. The molecule has 0 spiro atoms. The minimum atomic E-state index is -4.60. The van der Waals surface area contributed by atoms with Gasteiger partial charge in [0.15, 0.2) is 11.5 Å². The summed E-state index contributed by atoms with van der Waals surface area (Å²) in [6.45, 7) is 7.42. The lowest BCUT2D eigenvalue weighted by atomic mass is 9.72. The van der Waals surface area contributed by atoms with Crippen molar-refractivity contribution < 1.29 is 55.3 Å². The third kappa shape index (κ3) is 11.5. The van der Waals surface area contributed by atoms with Gasteiger partial charge in [-0.05, 0) is 140 Å². The molecule has 20 nitrogen and oxygen atoms in total. The van der Waals surface area contributed by atoms with Gasteiger partial charge in [0.1, 0.15) is 12.4 Å². The zero-order chi connectivity index (χ0) is 67.2. The molecule has 4 saturated carbocycles. The molecule has 1 aromatic heterocycles. The van der Waals surface area contributed by atoms with Crippen molar-refractivity contribution in [3.8, 4) is 28.5 Å². The second kappa shape index (κ2) is 25.7. The number of likely N-dealkylation sites (N-methyl/N-ethyl adjacent to an activating group) is 2. The predicted octanol–water partition coefficient (Wildman–Crippen LogP) is 11.1. The fourth-order valence-corrected chi connectivity index (χ4v) is 19.5. The summed E-state index contributed by atoms with van der Waals surface area (Å²) in [6.07, 6.45) is 13.7. The highest BCUT2D eigenvalue weighted by Crippen LogP contribution is 2.70. The number of piperazine rings is 1. The Morgan fingerprint density at radius 1 is 0.667 bits per heavy atom. The highest BCUT2D eigenvalue weighted by Gasteiger charge is 2.67. The van der Waals surface area contributed by atoms with Gasteiger partial charge in [-0.25, -0.2) is 9.44 Å². The number of ether oxygens (including phenoxy) is 3. The number of amides is 3. The zero-order valence-electron chi connectivity index (χ0n) is 56.0. The number of carbonyl (C=O) groups excluding carboxylic acids is 3. The standard InChI is InChI=1S/C74H90N8O12S2/c1-7-51(8-2)79-34-36-80(37-35-79)71(85)73-41-58(73)57-40-52(92-5)26-29-53(57)66-63(47-20-14-10-15-21-47)54-27-24-49(38-60(54)81(66)44-73)69(83)75-95(88,89)77(3)32-33-78(4)96(90,91)76-70(84)50-25-28-55-61(39-50)82-45-74(72(86)87)42-59(74)65-56(67(82)64(55)48-22-16-11-17-23-48)30-31-62(93-6)68(65)94-43-46-18-12-9-13-19-46/h9,12-13,18-19,24-31,38-40,47-48,51,58-59,63,66H,7-8,10-11,14-17,20-23,32-37,41-45H2,1-6H3,(H,75,83)(H,76,84)(H,86,87)/t58?,59?,63?,66?,73-,74?/m0/s1. The third-order valence-corrected chi connectivity index (χ3v) is 26.2. The molecule has 4 aliphatic heterocycles. The van der Waals surface area contributed by atoms with Gasteiger partial charge in [0.05, 0.1) is 36.8 Å². The summed E-state index contributed by atoms with van der Waals surface area (Å²) in [5, 5.41) is 12.0. The molecule has 6 atom stereocenters. The molecule has 0 bridgehead atoms. The van der Waals surface area contributed by atoms with Crippen LogP contribution in [0.1, 0.15) is 188 Å². The van der Waals surface area contributed by atoms with Crippen molar-refractivity contribution in [1.82, 2.24) is 32.4 Å². The van der Waals surface area contributed by atoms with Crippen molar-refractivity contribution in [2.75, 3.05) is 79.0 Å². The van der Waals surface area contributed by atoms with Crippen LogP contribution in [0.25, 0.3) is 22.2 Å². The third-order valence-electron chi connectivity index (χ3n) is 23.3. The van der Waals surface area contributed by atoms with Crippen LogP contribution < -0.4 is 28.6 Å². The molecule has 510 valence electrons. The maximum atomic E-state index is 15.3. The number of carboxylic acids is 1. The Hall–Kier alpha value is -7.50. The van der Waals surface area contributed by atoms with E-state index in [4.69, 9.17) is 14.2 Å². The minimum Gasteiger partial charge on any atom is -0.497 e. The van der Waals surface area contributed by atoms with Crippen molar-refractivity contribution >= 4 is 60.7 Å². The number of hydrogen-bond donors (Lipinski definition) is 3. The first kappa shape index (κ1) is 65.8. The van der Waals surface area contributed by atoms with E-state index < -0.39 is 68.0 Å². The van der Waals surface area contributed by atoms with Crippen molar-refractivity contribution in [1.29, 1.82) is 0 Å². The fraction of sp³-hybridized carbons (Fsp3) is 0.514. The van der Waals surface area contributed by atoms with Crippen LogP contribution in [0, 0.1) is 16.7 Å². The van der Waals surface area contributed by atoms with E-state index in [0.717, 1.165) is 154 Å². The Morgan fingerprint density at radius 2 is 1.30 bits per heavy atom. The zero-order valence-corrected chi connectivity index (χ0v) is 57.6. The van der Waals surface area contributed by atoms with Crippen molar-refractivity contribution in [3.05, 3.63) is 142 Å². The lowest BCUT2D eigenvalue weighted by Gasteiger charge is -2.41. The number of carbonyl (C=O) groups is 4. The van der Waals surface area contributed by atoms with E-state index in [9.17, 15) is 36.3 Å². The smallest absolute Gasteiger partial charge is 0.312 e. The van der Waals surface area contributed by atoms with Crippen LogP contribution in [0.2, 0.25) is 0 Å². The number of fused-ring (bicyclic) bond motifs is 14. The molecule has 5 heterocycles. The predicted molar refractivity (Wildman–Crippen MR) is 367 cm³/mol. The minimum absolute atomic E-state index is 0.0181. The van der Waals surface area contributed by atoms with Gasteiger partial charge >= 0.3 is 26.4 Å². The largest absolute Gasteiger partial charge is 0.497 e. The first-order valence-electron chi connectivity index (χ1n) is 34.7. The average molecular weight is 1350 g/mol. The molecule has 14 rings (SSSR count). The van der Waals surface area contributed by atoms with Gasteiger partial charge in [0, 0.05) is 129 Å². The molecule has 4 aliphatic carbocycles. The molecule has 5 aromatic carbocycles. The Labute approximate surface area is 564 Å². The lowest BCUT2D eigenvalue weighted by molar-refractivity contribution is -0.144. The van der Waals surface area contributed by atoms with E-state index in [1.165, 1.54) is 20.5 Å². The molecule has 5 unspecified atom stereocenters. The molecule has 6 aromatic rings. The molecule has 22 heteroatoms. The van der Waals surface area contributed by atoms with E-state index in [0.29, 0.717) is 61.5 Å². The molecule has 1 saturated heterocycles. The number of nitrogens with one attached hydrogen (secondary N) is 2. The molecule has 96 heavy (non-hydrogen) atoms. The van der Waals surface area contributed by atoms with Crippen LogP contribution in [0.5, 0.6) is 17.2 Å². The van der Waals surface area contributed by atoms with Crippen molar-refractivity contribution in [2.24, 2.45) is 16.7 Å². The number of aromatic nitrogens is 1. The topological polar surface area (TPSA) is 230 Å². The molecule has 3 N–H and O–H groups in total. The van der Waals surface area contributed by atoms with Gasteiger partial charge in [0.2, 0.25) is 5.91 Å². The number of methoxy groups -OCH3 is 2. The quantitative estimate of drug-likeness (QED) is 0.0609. The van der Waals surface area contributed by atoms with Crippen LogP contribution in [0.3, 0.4) is 0 Å². The van der Waals surface area contributed by atoms with Gasteiger partial charge in [0.25, 0.3) is 11.8 Å². The van der Waals surface area contributed by atoms with Crippen LogP contribution in [-0.2, 0) is 43.2 Å². The molecule has 5 fully saturated rings. The highest BCUT2D eigenvalue weighted by molar-refractivity contribution is 7.88.